The van der Waals surface area contributed by atoms with Gasteiger partial charge in [0.05, 0.1) is 39.3 Å². The zero-order chi connectivity index (χ0) is 20.8. The van der Waals surface area contributed by atoms with Crippen LogP contribution in [0.1, 0.15) is 28.5 Å². The monoisotopic (exact) mass is 394 g/mol. The molecule has 0 aliphatic rings. The lowest BCUT2D eigenvalue weighted by molar-refractivity contribution is -0.141. The Hall–Kier alpha value is -3.61. The predicted molar refractivity (Wildman–Crippen MR) is 108 cm³/mol. The van der Waals surface area contributed by atoms with E-state index in [1.54, 1.807) is 24.3 Å². The maximum atomic E-state index is 12.8. The maximum absolute atomic E-state index is 12.8. The summed E-state index contributed by atoms with van der Waals surface area (Å²) in [7, 11) is 4.37. The van der Waals surface area contributed by atoms with Gasteiger partial charge in [0.25, 0.3) is 5.91 Å². The Balaban J connectivity index is 1.90. The number of para-hydroxylation sites is 1. The van der Waals surface area contributed by atoms with E-state index in [9.17, 15) is 9.59 Å². The van der Waals surface area contributed by atoms with Gasteiger partial charge in [0, 0.05) is 5.39 Å². The number of carbonyl (C=O) groups excluding carboxylic acids is 2. The summed E-state index contributed by atoms with van der Waals surface area (Å²) in [5, 5.41) is 3.81. The Morgan fingerprint density at radius 3 is 2.45 bits per heavy atom. The first kappa shape index (κ1) is 20.1. The van der Waals surface area contributed by atoms with Crippen molar-refractivity contribution in [2.24, 2.45) is 0 Å². The fraction of sp³-hybridized carbons (Fsp3) is 0.227. The van der Waals surface area contributed by atoms with Gasteiger partial charge in [-0.05, 0) is 29.8 Å². The Labute approximate surface area is 168 Å². The Kier molecular flexibility index (Phi) is 6.29. The van der Waals surface area contributed by atoms with Crippen LogP contribution < -0.4 is 14.8 Å². The minimum absolute atomic E-state index is 0.0364. The lowest BCUT2D eigenvalue weighted by Gasteiger charge is -2.19. The SMILES string of the molecule is COC(=O)CC(NC(=O)c1ccc2ccccc2n1)c1ccc(OC)c(OC)c1. The third kappa shape index (κ3) is 4.63. The van der Waals surface area contributed by atoms with E-state index < -0.39 is 12.0 Å². The molecule has 1 N–H and O–H groups in total. The van der Waals surface area contributed by atoms with E-state index in [0.29, 0.717) is 17.1 Å². The Morgan fingerprint density at radius 1 is 0.966 bits per heavy atom. The molecule has 1 amide bonds. The number of ether oxygens (including phenoxy) is 3. The van der Waals surface area contributed by atoms with Crippen molar-refractivity contribution in [2.45, 2.75) is 12.5 Å². The van der Waals surface area contributed by atoms with E-state index in [-0.39, 0.29) is 18.0 Å². The number of pyridine rings is 1. The molecular weight excluding hydrogens is 372 g/mol. The molecule has 0 radical (unpaired) electrons. The van der Waals surface area contributed by atoms with Gasteiger partial charge in [-0.2, -0.15) is 0 Å². The van der Waals surface area contributed by atoms with Crippen LogP contribution in [-0.4, -0.2) is 38.2 Å². The zero-order valence-corrected chi connectivity index (χ0v) is 16.5. The lowest BCUT2D eigenvalue weighted by atomic mass is 10.0. The molecule has 1 atom stereocenters. The Bertz CT molecular complexity index is 1030. The first-order valence-corrected chi connectivity index (χ1v) is 9.01. The van der Waals surface area contributed by atoms with Crippen LogP contribution in [0.15, 0.2) is 54.6 Å². The molecule has 0 fully saturated rings. The van der Waals surface area contributed by atoms with Gasteiger partial charge in [-0.1, -0.05) is 30.3 Å². The second-order valence-corrected chi connectivity index (χ2v) is 6.31. The van der Waals surface area contributed by atoms with Crippen molar-refractivity contribution < 1.29 is 23.8 Å². The van der Waals surface area contributed by atoms with Crippen LogP contribution in [-0.2, 0) is 9.53 Å². The molecule has 7 heteroatoms. The van der Waals surface area contributed by atoms with Crippen LogP contribution in [0.2, 0.25) is 0 Å². The average Bonchev–Trinajstić information content (AvgIpc) is 2.77. The molecule has 0 aliphatic heterocycles. The summed E-state index contributed by atoms with van der Waals surface area (Å²) in [4.78, 5) is 29.2. The fourth-order valence-electron chi connectivity index (χ4n) is 3.00. The van der Waals surface area contributed by atoms with Gasteiger partial charge in [-0.25, -0.2) is 4.98 Å². The standard InChI is InChI=1S/C22H22N2O5/c1-27-19-11-9-15(12-20(19)28-2)18(13-21(25)29-3)24-22(26)17-10-8-14-6-4-5-7-16(14)23-17/h4-12,18H,13H2,1-3H3,(H,24,26). The topological polar surface area (TPSA) is 86.8 Å². The molecule has 0 saturated heterocycles. The first-order valence-electron chi connectivity index (χ1n) is 9.01. The number of benzene rings is 2. The third-order valence-electron chi connectivity index (χ3n) is 4.54. The van der Waals surface area contributed by atoms with Crippen molar-refractivity contribution in [1.29, 1.82) is 0 Å². The highest BCUT2D eigenvalue weighted by molar-refractivity contribution is 5.95. The molecule has 3 aromatic rings. The van der Waals surface area contributed by atoms with Crippen molar-refractivity contribution in [3.8, 4) is 11.5 Å². The van der Waals surface area contributed by atoms with E-state index in [4.69, 9.17) is 14.2 Å². The number of aromatic nitrogens is 1. The number of amides is 1. The smallest absolute Gasteiger partial charge is 0.307 e. The number of nitrogens with one attached hydrogen (secondary N) is 1. The van der Waals surface area contributed by atoms with E-state index >= 15 is 0 Å². The number of nitrogens with zero attached hydrogens (tertiary/aromatic N) is 1. The fourth-order valence-corrected chi connectivity index (χ4v) is 3.00. The minimum Gasteiger partial charge on any atom is -0.493 e. The van der Waals surface area contributed by atoms with Crippen molar-refractivity contribution >= 4 is 22.8 Å². The second-order valence-electron chi connectivity index (χ2n) is 6.31. The number of methoxy groups -OCH3 is 3. The summed E-state index contributed by atoms with van der Waals surface area (Å²) in [5.41, 5.74) is 1.66. The molecule has 1 aromatic heterocycles. The van der Waals surface area contributed by atoms with Gasteiger partial charge >= 0.3 is 5.97 Å². The first-order chi connectivity index (χ1) is 14.0. The van der Waals surface area contributed by atoms with Crippen molar-refractivity contribution in [3.63, 3.8) is 0 Å². The molecule has 3 rings (SSSR count). The van der Waals surface area contributed by atoms with Crippen molar-refractivity contribution in [3.05, 3.63) is 65.9 Å². The van der Waals surface area contributed by atoms with Gasteiger partial charge in [0.15, 0.2) is 11.5 Å². The summed E-state index contributed by atoms with van der Waals surface area (Å²) < 4.78 is 15.4. The van der Waals surface area contributed by atoms with Crippen LogP contribution in [0, 0.1) is 0 Å². The van der Waals surface area contributed by atoms with Crippen LogP contribution in [0.3, 0.4) is 0 Å². The highest BCUT2D eigenvalue weighted by Crippen LogP contribution is 2.31. The number of hydrogen-bond donors (Lipinski definition) is 1. The second kappa shape index (κ2) is 9.05. The number of hydrogen-bond acceptors (Lipinski definition) is 6. The summed E-state index contributed by atoms with van der Waals surface area (Å²) in [6.07, 6.45) is -0.0364. The molecule has 2 aromatic carbocycles. The number of rotatable bonds is 7. The minimum atomic E-state index is -0.622. The number of carbonyl (C=O) groups is 2. The molecule has 0 spiro atoms. The number of fused-ring (bicyclic) bond motifs is 1. The predicted octanol–water partition coefficient (Wildman–Crippen LogP) is 3.29. The molecule has 7 nitrogen and oxygen atoms in total. The summed E-state index contributed by atoms with van der Waals surface area (Å²) in [5.74, 6) is 0.213. The highest BCUT2D eigenvalue weighted by atomic mass is 16.5. The largest absolute Gasteiger partial charge is 0.493 e. The van der Waals surface area contributed by atoms with E-state index in [2.05, 4.69) is 10.3 Å². The third-order valence-corrected chi connectivity index (χ3v) is 4.54. The zero-order valence-electron chi connectivity index (χ0n) is 16.5. The molecule has 150 valence electrons. The number of esters is 1. The molecular formula is C22H22N2O5. The quantitative estimate of drug-likeness (QED) is 0.619. The van der Waals surface area contributed by atoms with Gasteiger partial charge in [0.2, 0.25) is 0 Å². The van der Waals surface area contributed by atoms with Crippen LogP contribution in [0.25, 0.3) is 10.9 Å². The molecule has 0 saturated carbocycles. The van der Waals surface area contributed by atoms with E-state index in [1.807, 2.05) is 30.3 Å². The molecule has 29 heavy (non-hydrogen) atoms. The van der Waals surface area contributed by atoms with E-state index in [0.717, 1.165) is 10.9 Å². The molecule has 0 bridgehead atoms. The summed E-state index contributed by atoms with van der Waals surface area (Å²) in [6, 6.07) is 15.6. The Morgan fingerprint density at radius 2 is 1.72 bits per heavy atom. The lowest BCUT2D eigenvalue weighted by Crippen LogP contribution is -2.31. The molecule has 1 unspecified atom stereocenters. The van der Waals surface area contributed by atoms with E-state index in [1.165, 1.54) is 21.3 Å². The van der Waals surface area contributed by atoms with Gasteiger partial charge in [0.1, 0.15) is 5.69 Å². The normalized spacial score (nSPS) is 11.6. The van der Waals surface area contributed by atoms with Crippen molar-refractivity contribution in [1.82, 2.24) is 10.3 Å². The average molecular weight is 394 g/mol. The van der Waals surface area contributed by atoms with Gasteiger partial charge in [-0.15, -0.1) is 0 Å². The van der Waals surface area contributed by atoms with Crippen LogP contribution in [0.5, 0.6) is 11.5 Å². The highest BCUT2D eigenvalue weighted by Gasteiger charge is 2.22. The molecule has 0 aliphatic carbocycles. The van der Waals surface area contributed by atoms with Crippen LogP contribution in [0.4, 0.5) is 0 Å². The van der Waals surface area contributed by atoms with Gasteiger partial charge < -0.3 is 19.5 Å². The van der Waals surface area contributed by atoms with Gasteiger partial charge in [-0.3, -0.25) is 9.59 Å². The summed E-state index contributed by atoms with van der Waals surface area (Å²) >= 11 is 0. The van der Waals surface area contributed by atoms with Crippen molar-refractivity contribution in [2.75, 3.05) is 21.3 Å². The van der Waals surface area contributed by atoms with Crippen LogP contribution >= 0.6 is 0 Å². The maximum Gasteiger partial charge on any atom is 0.307 e. The molecule has 1 heterocycles. The summed E-state index contributed by atoms with van der Waals surface area (Å²) in [6.45, 7) is 0.